The van der Waals surface area contributed by atoms with Crippen LogP contribution < -0.4 is 10.9 Å². The SMILES string of the molecule is O=C(O)Cn1c(-c2ccccc2)ncc(NC(=O)Cc2ccccc2)c1=O. The molecule has 0 saturated heterocycles. The quantitative estimate of drug-likeness (QED) is 0.699. The van der Waals surface area contributed by atoms with Crippen molar-refractivity contribution in [2.75, 3.05) is 5.32 Å². The van der Waals surface area contributed by atoms with Crippen LogP contribution in [0.3, 0.4) is 0 Å². The number of amides is 1. The van der Waals surface area contributed by atoms with Gasteiger partial charge in [-0.15, -0.1) is 0 Å². The summed E-state index contributed by atoms with van der Waals surface area (Å²) in [6.45, 7) is -0.557. The van der Waals surface area contributed by atoms with E-state index in [4.69, 9.17) is 5.11 Å². The number of hydrogen-bond acceptors (Lipinski definition) is 4. The summed E-state index contributed by atoms with van der Waals surface area (Å²) in [7, 11) is 0. The molecule has 3 aromatic rings. The Morgan fingerprint density at radius 1 is 1.00 bits per heavy atom. The van der Waals surface area contributed by atoms with Gasteiger partial charge in [-0.2, -0.15) is 0 Å². The topological polar surface area (TPSA) is 101 Å². The van der Waals surface area contributed by atoms with Gasteiger partial charge in [0.2, 0.25) is 5.91 Å². The second-order valence-electron chi connectivity index (χ2n) is 5.86. The van der Waals surface area contributed by atoms with Crippen LogP contribution in [-0.4, -0.2) is 26.5 Å². The number of nitrogens with one attached hydrogen (secondary N) is 1. The highest BCUT2D eigenvalue weighted by Crippen LogP contribution is 2.16. The van der Waals surface area contributed by atoms with E-state index in [1.807, 2.05) is 18.2 Å². The van der Waals surface area contributed by atoms with Crippen LogP contribution in [0.25, 0.3) is 11.4 Å². The molecule has 1 heterocycles. The van der Waals surface area contributed by atoms with Gasteiger partial charge in [-0.05, 0) is 5.56 Å². The summed E-state index contributed by atoms with van der Waals surface area (Å²) in [4.78, 5) is 40.4. The van der Waals surface area contributed by atoms with E-state index in [1.54, 1.807) is 42.5 Å². The number of rotatable bonds is 6. The smallest absolute Gasteiger partial charge is 0.323 e. The maximum Gasteiger partial charge on any atom is 0.323 e. The molecule has 1 aromatic heterocycles. The van der Waals surface area contributed by atoms with Gasteiger partial charge >= 0.3 is 5.97 Å². The summed E-state index contributed by atoms with van der Waals surface area (Å²) >= 11 is 0. The summed E-state index contributed by atoms with van der Waals surface area (Å²) in [5.74, 6) is -1.33. The Bertz CT molecular complexity index is 1010. The van der Waals surface area contributed by atoms with Crippen LogP contribution >= 0.6 is 0 Å². The molecule has 2 aromatic carbocycles. The Morgan fingerprint density at radius 2 is 1.63 bits per heavy atom. The molecule has 0 atom stereocenters. The first-order chi connectivity index (χ1) is 13.0. The fourth-order valence-corrected chi connectivity index (χ4v) is 2.65. The van der Waals surface area contributed by atoms with Crippen LogP contribution in [0, 0.1) is 0 Å². The van der Waals surface area contributed by atoms with Gasteiger partial charge < -0.3 is 10.4 Å². The molecule has 7 nitrogen and oxygen atoms in total. The number of nitrogens with zero attached hydrogens (tertiary/aromatic N) is 2. The van der Waals surface area contributed by atoms with Crippen molar-refractivity contribution in [2.45, 2.75) is 13.0 Å². The van der Waals surface area contributed by atoms with Crippen molar-refractivity contribution < 1.29 is 14.7 Å². The zero-order chi connectivity index (χ0) is 19.2. The monoisotopic (exact) mass is 363 g/mol. The molecule has 0 aliphatic carbocycles. The van der Waals surface area contributed by atoms with Crippen molar-refractivity contribution in [3.63, 3.8) is 0 Å². The molecule has 0 unspecified atom stereocenters. The summed E-state index contributed by atoms with van der Waals surface area (Å²) in [5.41, 5.74) is 0.734. The Morgan fingerprint density at radius 3 is 2.26 bits per heavy atom. The maximum atomic E-state index is 12.7. The van der Waals surface area contributed by atoms with E-state index >= 15 is 0 Å². The van der Waals surface area contributed by atoms with E-state index in [1.165, 1.54) is 6.20 Å². The Labute approximate surface area is 154 Å². The Kier molecular flexibility index (Phi) is 5.41. The van der Waals surface area contributed by atoms with E-state index in [0.717, 1.165) is 10.1 Å². The molecule has 27 heavy (non-hydrogen) atoms. The average molecular weight is 363 g/mol. The lowest BCUT2D eigenvalue weighted by Gasteiger charge is -2.12. The Hall–Kier alpha value is -3.74. The largest absolute Gasteiger partial charge is 0.480 e. The van der Waals surface area contributed by atoms with Crippen LogP contribution in [0.1, 0.15) is 5.56 Å². The first kappa shape index (κ1) is 18.1. The normalized spacial score (nSPS) is 10.4. The van der Waals surface area contributed by atoms with Crippen LogP contribution in [0.15, 0.2) is 71.7 Å². The second-order valence-corrected chi connectivity index (χ2v) is 5.86. The summed E-state index contributed by atoms with van der Waals surface area (Å²) in [5, 5.41) is 11.7. The lowest BCUT2D eigenvalue weighted by molar-refractivity contribution is -0.137. The van der Waals surface area contributed by atoms with Crippen molar-refractivity contribution in [1.82, 2.24) is 9.55 Å². The van der Waals surface area contributed by atoms with Crippen molar-refractivity contribution in [3.05, 3.63) is 82.8 Å². The molecule has 2 N–H and O–H groups in total. The standard InChI is InChI=1S/C20H17N3O4/c24-17(11-14-7-3-1-4-8-14)22-16-12-21-19(15-9-5-2-6-10-15)23(20(16)27)13-18(25)26/h1-10,12H,11,13H2,(H,22,24)(H,25,26). The number of aromatic nitrogens is 2. The Balaban J connectivity index is 1.91. The molecule has 0 radical (unpaired) electrons. The highest BCUT2D eigenvalue weighted by Gasteiger charge is 2.16. The number of hydrogen-bond donors (Lipinski definition) is 2. The van der Waals surface area contributed by atoms with Gasteiger partial charge in [0.25, 0.3) is 5.56 Å². The predicted octanol–water partition coefficient (Wildman–Crippen LogP) is 2.18. The fourth-order valence-electron chi connectivity index (χ4n) is 2.65. The number of carboxylic acids is 1. The number of benzene rings is 2. The van der Waals surface area contributed by atoms with Crippen molar-refractivity contribution >= 4 is 17.6 Å². The summed E-state index contributed by atoms with van der Waals surface area (Å²) in [6, 6.07) is 17.9. The molecule has 3 rings (SSSR count). The van der Waals surface area contributed by atoms with Crippen LogP contribution in [0.4, 0.5) is 5.69 Å². The van der Waals surface area contributed by atoms with Crippen molar-refractivity contribution in [3.8, 4) is 11.4 Å². The minimum absolute atomic E-state index is 0.0585. The number of anilines is 1. The van der Waals surface area contributed by atoms with Crippen LogP contribution in [-0.2, 0) is 22.6 Å². The third-order valence-corrected chi connectivity index (χ3v) is 3.85. The predicted molar refractivity (Wildman–Crippen MR) is 100 cm³/mol. The molecule has 0 aliphatic rings. The molecule has 0 saturated carbocycles. The van der Waals surface area contributed by atoms with Gasteiger partial charge in [-0.3, -0.25) is 19.0 Å². The summed E-state index contributed by atoms with van der Waals surface area (Å²) in [6.07, 6.45) is 1.35. The van der Waals surface area contributed by atoms with Gasteiger partial charge in [0.15, 0.2) is 0 Å². The number of carboxylic acid groups (broad SMARTS) is 1. The number of carbonyl (C=O) groups is 2. The van der Waals surface area contributed by atoms with E-state index in [9.17, 15) is 14.4 Å². The van der Waals surface area contributed by atoms with E-state index < -0.39 is 18.1 Å². The molecule has 0 bridgehead atoms. The highest BCUT2D eigenvalue weighted by atomic mass is 16.4. The van der Waals surface area contributed by atoms with E-state index in [2.05, 4.69) is 10.3 Å². The van der Waals surface area contributed by atoms with Gasteiger partial charge in [-0.25, -0.2) is 4.98 Å². The van der Waals surface area contributed by atoms with Crippen molar-refractivity contribution in [1.29, 1.82) is 0 Å². The molecule has 136 valence electrons. The van der Waals surface area contributed by atoms with Crippen molar-refractivity contribution in [2.24, 2.45) is 0 Å². The second kappa shape index (κ2) is 8.09. The average Bonchev–Trinajstić information content (AvgIpc) is 2.66. The molecule has 0 aliphatic heterocycles. The minimum atomic E-state index is -1.18. The third-order valence-electron chi connectivity index (χ3n) is 3.85. The number of carbonyl (C=O) groups excluding carboxylic acids is 1. The van der Waals surface area contributed by atoms with Gasteiger partial charge in [0, 0.05) is 5.56 Å². The van der Waals surface area contributed by atoms with Gasteiger partial charge in [-0.1, -0.05) is 60.7 Å². The highest BCUT2D eigenvalue weighted by molar-refractivity contribution is 5.92. The van der Waals surface area contributed by atoms with Gasteiger partial charge in [0.05, 0.1) is 12.6 Å². The van der Waals surface area contributed by atoms with E-state index in [-0.39, 0.29) is 23.8 Å². The first-order valence-electron chi connectivity index (χ1n) is 8.25. The minimum Gasteiger partial charge on any atom is -0.480 e. The fraction of sp³-hybridized carbons (Fsp3) is 0.100. The van der Waals surface area contributed by atoms with Crippen LogP contribution in [0.5, 0.6) is 0 Å². The summed E-state index contributed by atoms with van der Waals surface area (Å²) < 4.78 is 1.04. The zero-order valence-electron chi connectivity index (χ0n) is 14.3. The molecular weight excluding hydrogens is 346 g/mol. The zero-order valence-corrected chi connectivity index (χ0v) is 14.3. The number of aliphatic carboxylic acids is 1. The van der Waals surface area contributed by atoms with Gasteiger partial charge in [0.1, 0.15) is 18.1 Å². The third kappa shape index (κ3) is 4.46. The molecular formula is C20H17N3O4. The maximum absolute atomic E-state index is 12.7. The van der Waals surface area contributed by atoms with E-state index in [0.29, 0.717) is 5.56 Å². The first-order valence-corrected chi connectivity index (χ1v) is 8.25. The lowest BCUT2D eigenvalue weighted by Crippen LogP contribution is -2.30. The molecule has 7 heteroatoms. The van der Waals surface area contributed by atoms with Crippen LogP contribution in [0.2, 0.25) is 0 Å². The molecule has 1 amide bonds. The molecule has 0 spiro atoms. The lowest BCUT2D eigenvalue weighted by atomic mass is 10.1. The molecule has 0 fully saturated rings.